The minimum absolute atomic E-state index is 0.0564. The summed E-state index contributed by atoms with van der Waals surface area (Å²) >= 11 is 7.62. The van der Waals surface area contributed by atoms with Crippen LogP contribution in [0.25, 0.3) is 4.96 Å². The predicted molar refractivity (Wildman–Crippen MR) is 90.0 cm³/mol. The molecule has 0 amide bonds. The Hall–Kier alpha value is -2.32. The summed E-state index contributed by atoms with van der Waals surface area (Å²) in [6, 6.07) is 1.43. The van der Waals surface area contributed by atoms with Gasteiger partial charge in [-0.3, -0.25) is 14.0 Å². The van der Waals surface area contributed by atoms with Crippen molar-refractivity contribution < 1.29 is 14.6 Å². The summed E-state index contributed by atoms with van der Waals surface area (Å²) in [6.07, 6.45) is 1.59. The quantitative estimate of drug-likeness (QED) is 0.690. The van der Waals surface area contributed by atoms with E-state index in [1.165, 1.54) is 24.5 Å². The zero-order chi connectivity index (χ0) is 17.4. The lowest BCUT2D eigenvalue weighted by Crippen LogP contribution is -2.21. The molecule has 3 aromatic heterocycles. The number of aromatic amines is 1. The smallest absolute Gasteiger partial charge is 0.306 e. The van der Waals surface area contributed by atoms with Crippen LogP contribution in [-0.4, -0.2) is 32.6 Å². The molecule has 0 aliphatic rings. The molecule has 0 radical (unpaired) electrons. The van der Waals surface area contributed by atoms with Gasteiger partial charge in [0.05, 0.1) is 24.8 Å². The highest BCUT2D eigenvalue weighted by atomic mass is 35.5. The second kappa shape index (κ2) is 6.29. The van der Waals surface area contributed by atoms with Crippen LogP contribution in [0.4, 0.5) is 0 Å². The number of aromatic nitrogens is 3. The zero-order valence-corrected chi connectivity index (χ0v) is 14.4. The van der Waals surface area contributed by atoms with Gasteiger partial charge in [0.2, 0.25) is 0 Å². The minimum Gasteiger partial charge on any atom is -0.507 e. The Morgan fingerprint density at radius 1 is 1.58 bits per heavy atom. The van der Waals surface area contributed by atoms with Gasteiger partial charge in [-0.2, -0.15) is 0 Å². The Morgan fingerprint density at radius 2 is 2.33 bits per heavy atom. The number of carbonyl (C=O) groups excluding carboxylic acids is 1. The maximum Gasteiger partial charge on any atom is 0.306 e. The van der Waals surface area contributed by atoms with Crippen LogP contribution >= 0.6 is 22.9 Å². The van der Waals surface area contributed by atoms with Crippen molar-refractivity contribution in [1.29, 1.82) is 0 Å². The van der Waals surface area contributed by atoms with Crippen molar-refractivity contribution in [3.8, 4) is 5.75 Å². The first-order valence-electron chi connectivity index (χ1n) is 7.03. The number of thiazole rings is 1. The fourth-order valence-electron chi connectivity index (χ4n) is 2.69. The normalized spacial score (nSPS) is 12.5. The molecule has 3 aromatic rings. The topological polar surface area (TPSA) is 96.7 Å². The standard InChI is InChI=1S/C15H14ClN3O4S/c1-7-5-9(20)11(14(22)17-7)8(6-10(21)23-2)12-13(16)18-15-19(12)3-4-24-15/h3-5,8H,6H2,1-2H3,(H2,17,20,22). The summed E-state index contributed by atoms with van der Waals surface area (Å²) in [4.78, 5) is 31.8. The van der Waals surface area contributed by atoms with Gasteiger partial charge in [-0.05, 0) is 13.0 Å². The van der Waals surface area contributed by atoms with Gasteiger partial charge in [-0.1, -0.05) is 11.6 Å². The molecule has 0 saturated heterocycles. The third kappa shape index (κ3) is 2.78. The van der Waals surface area contributed by atoms with Crippen molar-refractivity contribution in [2.24, 2.45) is 0 Å². The molecule has 7 nitrogen and oxygen atoms in total. The number of rotatable bonds is 4. The van der Waals surface area contributed by atoms with E-state index in [9.17, 15) is 14.7 Å². The second-order valence-electron chi connectivity index (χ2n) is 5.26. The number of hydrogen-bond acceptors (Lipinski definition) is 6. The molecule has 1 unspecified atom stereocenters. The summed E-state index contributed by atoms with van der Waals surface area (Å²) in [5.41, 5.74) is 0.546. The lowest BCUT2D eigenvalue weighted by atomic mass is 9.92. The maximum atomic E-state index is 12.4. The average molecular weight is 368 g/mol. The summed E-state index contributed by atoms with van der Waals surface area (Å²) in [7, 11) is 1.26. The highest BCUT2D eigenvalue weighted by Gasteiger charge is 2.30. The van der Waals surface area contributed by atoms with Crippen LogP contribution in [0.1, 0.15) is 29.3 Å². The number of nitrogens with zero attached hydrogens (tertiary/aromatic N) is 2. The molecule has 1 atom stereocenters. The largest absolute Gasteiger partial charge is 0.507 e. The van der Waals surface area contributed by atoms with Gasteiger partial charge in [-0.15, -0.1) is 11.3 Å². The van der Waals surface area contributed by atoms with Gasteiger partial charge in [-0.25, -0.2) is 4.98 Å². The third-order valence-corrected chi connectivity index (χ3v) is 4.75. The number of nitrogens with one attached hydrogen (secondary N) is 1. The lowest BCUT2D eigenvalue weighted by Gasteiger charge is -2.17. The molecular weight excluding hydrogens is 354 g/mol. The number of aromatic hydroxyl groups is 1. The fourth-order valence-corrected chi connectivity index (χ4v) is 3.77. The number of esters is 1. The van der Waals surface area contributed by atoms with Crippen LogP contribution in [0.2, 0.25) is 5.15 Å². The van der Waals surface area contributed by atoms with Crippen molar-refractivity contribution in [3.05, 3.63) is 50.1 Å². The lowest BCUT2D eigenvalue weighted by molar-refractivity contribution is -0.140. The number of hydrogen-bond donors (Lipinski definition) is 2. The van der Waals surface area contributed by atoms with E-state index in [0.29, 0.717) is 16.3 Å². The van der Waals surface area contributed by atoms with Gasteiger partial charge in [0, 0.05) is 23.2 Å². The van der Waals surface area contributed by atoms with Crippen LogP contribution in [0.3, 0.4) is 0 Å². The number of pyridine rings is 1. The molecule has 3 rings (SSSR count). The van der Waals surface area contributed by atoms with Crippen LogP contribution in [0.5, 0.6) is 5.75 Å². The Kier molecular flexibility index (Phi) is 4.33. The molecule has 9 heteroatoms. The highest BCUT2D eigenvalue weighted by Crippen LogP contribution is 2.36. The van der Waals surface area contributed by atoms with Crippen molar-refractivity contribution in [2.45, 2.75) is 19.3 Å². The summed E-state index contributed by atoms with van der Waals surface area (Å²) < 4.78 is 6.44. The van der Waals surface area contributed by atoms with Crippen LogP contribution in [0.15, 0.2) is 22.4 Å². The van der Waals surface area contributed by atoms with Crippen LogP contribution < -0.4 is 5.56 Å². The minimum atomic E-state index is -0.793. The Labute approximate surface area is 145 Å². The molecule has 2 N–H and O–H groups in total. The predicted octanol–water partition coefficient (Wildman–Crippen LogP) is 2.45. The van der Waals surface area contributed by atoms with E-state index < -0.39 is 17.4 Å². The van der Waals surface area contributed by atoms with Gasteiger partial charge in [0.1, 0.15) is 5.75 Å². The van der Waals surface area contributed by atoms with Gasteiger partial charge < -0.3 is 14.8 Å². The maximum absolute atomic E-state index is 12.4. The zero-order valence-electron chi connectivity index (χ0n) is 12.9. The van der Waals surface area contributed by atoms with E-state index >= 15 is 0 Å². The molecule has 0 spiro atoms. The van der Waals surface area contributed by atoms with Gasteiger partial charge in [0.15, 0.2) is 10.1 Å². The number of halogens is 1. The Bertz CT molecular complexity index is 975. The van der Waals surface area contributed by atoms with E-state index in [-0.39, 0.29) is 22.9 Å². The van der Waals surface area contributed by atoms with Crippen LogP contribution in [-0.2, 0) is 9.53 Å². The van der Waals surface area contributed by atoms with E-state index in [4.69, 9.17) is 16.3 Å². The van der Waals surface area contributed by atoms with E-state index in [1.54, 1.807) is 17.5 Å². The van der Waals surface area contributed by atoms with Crippen molar-refractivity contribution in [3.63, 3.8) is 0 Å². The molecule has 0 fully saturated rings. The third-order valence-electron chi connectivity index (χ3n) is 3.72. The monoisotopic (exact) mass is 367 g/mol. The fraction of sp³-hybridized carbons (Fsp3) is 0.267. The first-order valence-corrected chi connectivity index (χ1v) is 8.28. The molecule has 126 valence electrons. The van der Waals surface area contributed by atoms with E-state index in [2.05, 4.69) is 9.97 Å². The number of carbonyl (C=O) groups is 1. The summed E-state index contributed by atoms with van der Waals surface area (Å²) in [5, 5.41) is 12.3. The van der Waals surface area contributed by atoms with Crippen LogP contribution in [0, 0.1) is 6.92 Å². The number of ether oxygens (including phenoxy) is 1. The number of H-pyrrole nitrogens is 1. The molecule has 0 bridgehead atoms. The number of imidazole rings is 1. The average Bonchev–Trinajstić information content (AvgIpc) is 3.05. The Balaban J connectivity index is 2.25. The summed E-state index contributed by atoms with van der Waals surface area (Å²) in [6.45, 7) is 1.66. The number of fused-ring (bicyclic) bond motifs is 1. The van der Waals surface area contributed by atoms with Crippen molar-refractivity contribution in [1.82, 2.24) is 14.4 Å². The molecule has 0 saturated carbocycles. The first-order chi connectivity index (χ1) is 11.4. The van der Waals surface area contributed by atoms with E-state index in [0.717, 1.165) is 0 Å². The number of methoxy groups -OCH3 is 1. The molecule has 24 heavy (non-hydrogen) atoms. The molecule has 0 aliphatic carbocycles. The molecule has 0 aliphatic heterocycles. The van der Waals surface area contributed by atoms with Crippen molar-refractivity contribution >= 4 is 33.9 Å². The molecule has 3 heterocycles. The molecular formula is C15H14ClN3O4S. The van der Waals surface area contributed by atoms with Crippen molar-refractivity contribution in [2.75, 3.05) is 7.11 Å². The summed E-state index contributed by atoms with van der Waals surface area (Å²) in [5.74, 6) is -1.52. The first kappa shape index (κ1) is 16.5. The van der Waals surface area contributed by atoms with Gasteiger partial charge >= 0.3 is 5.97 Å². The van der Waals surface area contributed by atoms with E-state index in [1.807, 2.05) is 5.38 Å². The SMILES string of the molecule is COC(=O)CC(c1c(O)cc(C)[nH]c1=O)c1c(Cl)nc2sccn12. The van der Waals surface area contributed by atoms with Gasteiger partial charge in [0.25, 0.3) is 5.56 Å². The number of aryl methyl sites for hydroxylation is 1. The highest BCUT2D eigenvalue weighted by molar-refractivity contribution is 7.15. The Morgan fingerprint density at radius 3 is 3.00 bits per heavy atom. The molecule has 0 aromatic carbocycles. The second-order valence-corrected chi connectivity index (χ2v) is 6.49.